The number of hydrogen-bond acceptors (Lipinski definition) is 14. The number of aliphatic hydroxyl groups excluding tert-OH is 3. The number of carbonyl (C=O) groups is 2. The second-order valence-corrected chi connectivity index (χ2v) is 19.2. The lowest BCUT2D eigenvalue weighted by Gasteiger charge is -2.59. The quantitative estimate of drug-likeness (QED) is 0.0216. The number of hydrogen-bond donors (Lipinski definition) is 4. The standard InChI is InChI=1S/C56H82N4O13/c1-4-7-9-10-11-12-13-14-15-18-29-57-54(64)72-45-27-28-50-48(39-45)52-46(22-17-20-32-62)43(21-16-19-31-61)38-47-49(58-71-41-42-23-25-44(26-24-42)60(66)67)40-51(56(73-50,53(47)52)70-34-6-3)59(30-36-68-37-33-63)55(65)69-35-8-5-2/h5-6,23-28,38-39,43,46,51-53,61-63H,2-4,7-22,29-37,40-41H2,1H3,(H,57,64). The molecular formula is C56H82N4O13. The zero-order valence-electron chi connectivity index (χ0n) is 43.1. The van der Waals surface area contributed by atoms with Gasteiger partial charge in [-0.25, -0.2) is 9.59 Å². The fourth-order valence-electron chi connectivity index (χ4n) is 10.6. The summed E-state index contributed by atoms with van der Waals surface area (Å²) in [4.78, 5) is 46.5. The summed E-state index contributed by atoms with van der Waals surface area (Å²) < 4.78 is 32.0. The smallest absolute Gasteiger partial charge is 0.412 e. The Hall–Kier alpha value is -5.33. The van der Waals surface area contributed by atoms with Crippen LogP contribution in [0.15, 0.2) is 84.6 Å². The number of non-ortho nitro benzene ring substituents is 1. The van der Waals surface area contributed by atoms with Gasteiger partial charge in [0.15, 0.2) is 0 Å². The largest absolute Gasteiger partial charge is 0.459 e. The molecule has 4 N–H and O–H groups in total. The molecule has 2 aromatic carbocycles. The van der Waals surface area contributed by atoms with Crippen LogP contribution < -0.4 is 14.8 Å². The Balaban J connectivity index is 1.59. The van der Waals surface area contributed by atoms with Crippen molar-refractivity contribution in [2.45, 2.75) is 147 Å². The van der Waals surface area contributed by atoms with Crippen molar-refractivity contribution in [3.63, 3.8) is 0 Å². The first-order chi connectivity index (χ1) is 35.7. The topological polar surface area (TPSA) is 221 Å². The lowest BCUT2D eigenvalue weighted by Crippen LogP contribution is -2.70. The molecule has 1 fully saturated rings. The normalized spacial score (nSPS) is 21.2. The van der Waals surface area contributed by atoms with Crippen LogP contribution >= 0.6 is 0 Å². The molecule has 2 aliphatic carbocycles. The van der Waals surface area contributed by atoms with Gasteiger partial charge in [-0.05, 0) is 91.8 Å². The van der Waals surface area contributed by atoms with Crippen molar-refractivity contribution in [3.05, 3.63) is 101 Å². The van der Waals surface area contributed by atoms with Crippen LogP contribution in [-0.4, -0.2) is 114 Å². The molecule has 404 valence electrons. The van der Waals surface area contributed by atoms with Gasteiger partial charge in [-0.15, -0.1) is 13.2 Å². The Labute approximate surface area is 432 Å². The minimum atomic E-state index is -1.61. The number of benzene rings is 2. The SMILES string of the molecule is C=CCCOC(=O)N(CCOCCO)C1CC(=NOCc2ccc([N+](=O)[O-])cc2)C2=CC(CCCCO)C(CCCCO)C3c4cc(OC(=O)NCCCCCCCCCCCC)ccc4OC1(OCC=C)C23. The van der Waals surface area contributed by atoms with Crippen LogP contribution in [0.25, 0.3) is 0 Å². The predicted molar refractivity (Wildman–Crippen MR) is 279 cm³/mol. The summed E-state index contributed by atoms with van der Waals surface area (Å²) in [5.74, 6) is -2.05. The van der Waals surface area contributed by atoms with Crippen molar-refractivity contribution in [2.75, 3.05) is 59.3 Å². The number of ether oxygens (including phenoxy) is 5. The number of amides is 2. The Morgan fingerprint density at radius 3 is 2.27 bits per heavy atom. The zero-order chi connectivity index (χ0) is 52.3. The van der Waals surface area contributed by atoms with Gasteiger partial charge in [0.05, 0.1) is 49.6 Å². The molecule has 3 aliphatic rings. The number of oxime groups is 1. The molecule has 0 radical (unpaired) electrons. The van der Waals surface area contributed by atoms with Crippen LogP contribution in [0.4, 0.5) is 15.3 Å². The molecule has 1 heterocycles. The van der Waals surface area contributed by atoms with Gasteiger partial charge in [0.1, 0.15) is 24.1 Å². The highest BCUT2D eigenvalue weighted by atomic mass is 16.7. The van der Waals surface area contributed by atoms with Gasteiger partial charge in [0.25, 0.3) is 5.69 Å². The van der Waals surface area contributed by atoms with E-state index in [9.17, 15) is 35.0 Å². The van der Waals surface area contributed by atoms with E-state index in [1.165, 1.54) is 57.1 Å². The Morgan fingerprint density at radius 1 is 0.890 bits per heavy atom. The number of nitro benzene ring substituents is 1. The van der Waals surface area contributed by atoms with E-state index in [1.54, 1.807) is 41.3 Å². The van der Waals surface area contributed by atoms with E-state index in [2.05, 4.69) is 31.5 Å². The summed E-state index contributed by atoms with van der Waals surface area (Å²) in [6.45, 7) is 10.5. The van der Waals surface area contributed by atoms with Gasteiger partial charge in [-0.1, -0.05) is 101 Å². The number of rotatable bonds is 36. The maximum Gasteiger partial charge on any atom is 0.412 e. The summed E-state index contributed by atoms with van der Waals surface area (Å²) in [6, 6.07) is 10.4. The van der Waals surface area contributed by atoms with Gasteiger partial charge in [0, 0.05) is 56.3 Å². The van der Waals surface area contributed by atoms with Crippen LogP contribution in [0.5, 0.6) is 11.5 Å². The minimum absolute atomic E-state index is 0.0149. The fraction of sp³-hybridized carbons (Fsp3) is 0.625. The third-order valence-electron chi connectivity index (χ3n) is 14.1. The van der Waals surface area contributed by atoms with Crippen LogP contribution in [0.1, 0.15) is 140 Å². The third-order valence-corrected chi connectivity index (χ3v) is 14.1. The summed E-state index contributed by atoms with van der Waals surface area (Å²) >= 11 is 0. The predicted octanol–water partition coefficient (Wildman–Crippen LogP) is 10.5. The molecule has 73 heavy (non-hydrogen) atoms. The molecule has 1 saturated carbocycles. The second kappa shape index (κ2) is 32.1. The summed E-state index contributed by atoms with van der Waals surface area (Å²) in [7, 11) is 0. The van der Waals surface area contributed by atoms with E-state index >= 15 is 0 Å². The molecule has 17 nitrogen and oxygen atoms in total. The molecule has 2 amide bonds. The van der Waals surface area contributed by atoms with Crippen molar-refractivity contribution in [3.8, 4) is 11.5 Å². The van der Waals surface area contributed by atoms with Gasteiger partial charge >= 0.3 is 12.2 Å². The van der Waals surface area contributed by atoms with Crippen LogP contribution in [0, 0.1) is 27.9 Å². The maximum absolute atomic E-state index is 14.5. The van der Waals surface area contributed by atoms with E-state index in [1.807, 2.05) is 6.07 Å². The number of aliphatic hydroxyl groups is 3. The number of carbonyl (C=O) groups excluding carboxylic acids is 2. The van der Waals surface area contributed by atoms with Gasteiger partial charge in [-0.3, -0.25) is 15.0 Å². The molecule has 6 atom stereocenters. The van der Waals surface area contributed by atoms with Crippen molar-refractivity contribution < 1.29 is 58.4 Å². The lowest BCUT2D eigenvalue weighted by atomic mass is 9.55. The average Bonchev–Trinajstić information content (AvgIpc) is 3.39. The minimum Gasteiger partial charge on any atom is -0.459 e. The molecule has 2 aromatic rings. The number of nitro groups is 1. The molecule has 6 unspecified atom stereocenters. The van der Waals surface area contributed by atoms with Crippen molar-refractivity contribution in [1.29, 1.82) is 0 Å². The Morgan fingerprint density at radius 2 is 1.60 bits per heavy atom. The molecule has 0 aromatic heterocycles. The van der Waals surface area contributed by atoms with Gasteiger partial charge in [0.2, 0.25) is 5.79 Å². The number of unbranched alkanes of at least 4 members (excludes halogenated alkanes) is 11. The Kier molecular flexibility index (Phi) is 25.7. The summed E-state index contributed by atoms with van der Waals surface area (Å²) in [6.07, 6.45) is 20.6. The van der Waals surface area contributed by atoms with Crippen molar-refractivity contribution in [1.82, 2.24) is 10.2 Å². The molecule has 0 saturated heterocycles. The first kappa shape index (κ1) is 58.6. The van der Waals surface area contributed by atoms with E-state index in [4.69, 9.17) is 33.7 Å². The van der Waals surface area contributed by atoms with Crippen molar-refractivity contribution in [2.24, 2.45) is 22.9 Å². The molecule has 0 bridgehead atoms. The molecule has 1 aliphatic heterocycles. The summed E-state index contributed by atoms with van der Waals surface area (Å²) in [5.41, 5.74) is 2.67. The fourth-order valence-corrected chi connectivity index (χ4v) is 10.6. The molecular weight excluding hydrogens is 937 g/mol. The van der Waals surface area contributed by atoms with E-state index in [0.29, 0.717) is 61.4 Å². The van der Waals surface area contributed by atoms with Gasteiger partial charge < -0.3 is 49.2 Å². The highest BCUT2D eigenvalue weighted by Crippen LogP contribution is 2.62. The van der Waals surface area contributed by atoms with E-state index < -0.39 is 40.8 Å². The monoisotopic (exact) mass is 1020 g/mol. The first-order valence-corrected chi connectivity index (χ1v) is 26.8. The lowest BCUT2D eigenvalue weighted by molar-refractivity contribution is -0.384. The number of allylic oxidation sites excluding steroid dienone is 1. The van der Waals surface area contributed by atoms with Crippen LogP contribution in [0.3, 0.4) is 0 Å². The van der Waals surface area contributed by atoms with E-state index in [0.717, 1.165) is 43.2 Å². The van der Waals surface area contributed by atoms with Crippen molar-refractivity contribution >= 4 is 23.6 Å². The maximum atomic E-state index is 14.5. The molecule has 17 heteroatoms. The molecule has 5 rings (SSSR count). The third kappa shape index (κ3) is 17.1. The zero-order valence-corrected chi connectivity index (χ0v) is 43.1. The molecule has 0 spiro atoms. The van der Waals surface area contributed by atoms with E-state index in [-0.39, 0.29) is 83.3 Å². The highest BCUT2D eigenvalue weighted by Gasteiger charge is 2.65. The van der Waals surface area contributed by atoms with Crippen LogP contribution in [0.2, 0.25) is 0 Å². The Bertz CT molecular complexity index is 2080. The second-order valence-electron chi connectivity index (χ2n) is 19.2. The average molecular weight is 1020 g/mol. The number of fused-ring (bicyclic) bond motifs is 2. The van der Waals surface area contributed by atoms with Gasteiger partial charge in [-0.2, -0.15) is 0 Å². The first-order valence-electron chi connectivity index (χ1n) is 26.8. The highest BCUT2D eigenvalue weighted by molar-refractivity contribution is 6.03. The number of nitrogens with one attached hydrogen (secondary N) is 1. The number of nitrogens with zero attached hydrogens (tertiary/aromatic N) is 3. The van der Waals surface area contributed by atoms with Crippen LogP contribution in [-0.2, 0) is 25.7 Å². The summed E-state index contributed by atoms with van der Waals surface area (Å²) in [5, 5.41) is 48.8.